The van der Waals surface area contributed by atoms with Crippen LogP contribution in [0.1, 0.15) is 15.9 Å². The van der Waals surface area contributed by atoms with E-state index in [1.165, 1.54) is 0 Å². The first-order valence-electron chi connectivity index (χ1n) is 5.39. The number of rotatable bonds is 2. The molecule has 2 nitrogen and oxygen atoms in total. The summed E-state index contributed by atoms with van der Waals surface area (Å²) in [5, 5.41) is 3.37. The van der Waals surface area contributed by atoms with Crippen molar-refractivity contribution in [2.24, 2.45) is 0 Å². The van der Waals surface area contributed by atoms with Crippen LogP contribution in [0.15, 0.2) is 46.9 Å². The lowest BCUT2D eigenvalue weighted by Gasteiger charge is -2.06. The topological polar surface area (TPSA) is 29.1 Å². The molecule has 2 aromatic carbocycles. The van der Waals surface area contributed by atoms with Crippen molar-refractivity contribution in [3.8, 4) is 0 Å². The van der Waals surface area contributed by atoms with Gasteiger partial charge in [-0.15, -0.1) is 0 Å². The second-order valence-corrected chi connectivity index (χ2v) is 5.21. The summed E-state index contributed by atoms with van der Waals surface area (Å²) in [7, 11) is 0. The molecule has 0 saturated carbocycles. The molecule has 0 spiro atoms. The summed E-state index contributed by atoms with van der Waals surface area (Å²) >= 11 is 9.27. The first-order chi connectivity index (χ1) is 8.56. The van der Waals surface area contributed by atoms with Gasteiger partial charge in [0, 0.05) is 15.7 Å². The maximum Gasteiger partial charge on any atom is 0.255 e. The molecular weight excluding hydrogens is 314 g/mol. The number of nitrogens with one attached hydrogen (secondary N) is 1. The third kappa shape index (κ3) is 3.12. The van der Waals surface area contributed by atoms with Gasteiger partial charge in [-0.25, -0.2) is 0 Å². The van der Waals surface area contributed by atoms with Gasteiger partial charge in [-0.1, -0.05) is 29.3 Å². The van der Waals surface area contributed by atoms with Gasteiger partial charge in [0.2, 0.25) is 0 Å². The number of amides is 1. The molecule has 0 atom stereocenters. The highest BCUT2D eigenvalue weighted by Crippen LogP contribution is 2.25. The minimum Gasteiger partial charge on any atom is -0.322 e. The second kappa shape index (κ2) is 5.55. The summed E-state index contributed by atoms with van der Waals surface area (Å²) in [6.45, 7) is 1.98. The Labute approximate surface area is 119 Å². The first-order valence-corrected chi connectivity index (χ1v) is 6.56. The van der Waals surface area contributed by atoms with E-state index in [1.54, 1.807) is 30.3 Å². The van der Waals surface area contributed by atoms with Crippen molar-refractivity contribution in [3.63, 3.8) is 0 Å². The van der Waals surface area contributed by atoms with Gasteiger partial charge in [0.15, 0.2) is 0 Å². The molecule has 1 N–H and O–H groups in total. The largest absolute Gasteiger partial charge is 0.322 e. The zero-order chi connectivity index (χ0) is 13.1. The number of aryl methyl sites for hydroxylation is 1. The Morgan fingerprint density at radius 3 is 2.44 bits per heavy atom. The number of carbonyl (C=O) groups is 1. The molecule has 0 radical (unpaired) electrons. The van der Waals surface area contributed by atoms with E-state index in [1.807, 2.05) is 19.1 Å². The minimum absolute atomic E-state index is 0.145. The maximum atomic E-state index is 12.0. The predicted molar refractivity (Wildman–Crippen MR) is 78.3 cm³/mol. The number of hydrogen-bond donors (Lipinski definition) is 1. The minimum atomic E-state index is -0.145. The molecule has 0 saturated heterocycles. The molecule has 0 heterocycles. The fourth-order valence-electron chi connectivity index (χ4n) is 1.48. The number of benzene rings is 2. The van der Waals surface area contributed by atoms with Crippen LogP contribution in [0.4, 0.5) is 5.69 Å². The molecule has 2 rings (SSSR count). The normalized spacial score (nSPS) is 10.2. The lowest BCUT2D eigenvalue weighted by atomic mass is 10.1. The second-order valence-electron chi connectivity index (χ2n) is 3.95. The zero-order valence-corrected chi connectivity index (χ0v) is 12.0. The van der Waals surface area contributed by atoms with Crippen molar-refractivity contribution in [2.75, 3.05) is 5.32 Å². The van der Waals surface area contributed by atoms with Gasteiger partial charge >= 0.3 is 0 Å². The quantitative estimate of drug-likeness (QED) is 0.855. The Morgan fingerprint density at radius 1 is 1.17 bits per heavy atom. The van der Waals surface area contributed by atoms with E-state index in [0.717, 1.165) is 10.0 Å². The zero-order valence-electron chi connectivity index (χ0n) is 9.71. The van der Waals surface area contributed by atoms with Crippen LogP contribution in [-0.2, 0) is 0 Å². The van der Waals surface area contributed by atoms with E-state index in [0.29, 0.717) is 16.3 Å². The van der Waals surface area contributed by atoms with Crippen molar-refractivity contribution in [2.45, 2.75) is 6.92 Å². The van der Waals surface area contributed by atoms with Crippen LogP contribution in [0.25, 0.3) is 0 Å². The average molecular weight is 325 g/mol. The van der Waals surface area contributed by atoms with Gasteiger partial charge in [-0.2, -0.15) is 0 Å². The Kier molecular flexibility index (Phi) is 4.04. The summed E-state index contributed by atoms with van der Waals surface area (Å²) < 4.78 is 0.803. The summed E-state index contributed by atoms with van der Waals surface area (Å²) in [6.07, 6.45) is 0. The molecule has 0 fully saturated rings. The van der Waals surface area contributed by atoms with E-state index in [4.69, 9.17) is 11.6 Å². The molecule has 92 valence electrons. The van der Waals surface area contributed by atoms with Crippen LogP contribution in [0.5, 0.6) is 0 Å². The van der Waals surface area contributed by atoms with E-state index in [-0.39, 0.29) is 5.91 Å². The van der Waals surface area contributed by atoms with Crippen LogP contribution in [0.2, 0.25) is 5.02 Å². The van der Waals surface area contributed by atoms with E-state index in [2.05, 4.69) is 21.2 Å². The third-order valence-electron chi connectivity index (χ3n) is 2.49. The SMILES string of the molecule is Cc1ccc(C(=O)Nc2ccc(Br)c(Cl)c2)cc1. The maximum absolute atomic E-state index is 12.0. The van der Waals surface area contributed by atoms with Gasteiger partial charge in [-0.05, 0) is 53.2 Å². The van der Waals surface area contributed by atoms with Crippen molar-refractivity contribution >= 4 is 39.1 Å². The molecule has 18 heavy (non-hydrogen) atoms. The smallest absolute Gasteiger partial charge is 0.255 e. The van der Waals surface area contributed by atoms with Crippen molar-refractivity contribution in [1.29, 1.82) is 0 Å². The van der Waals surface area contributed by atoms with Crippen LogP contribution in [-0.4, -0.2) is 5.91 Å². The fourth-order valence-corrected chi connectivity index (χ4v) is 1.91. The summed E-state index contributed by atoms with van der Waals surface area (Å²) in [5.74, 6) is -0.145. The van der Waals surface area contributed by atoms with E-state index >= 15 is 0 Å². The van der Waals surface area contributed by atoms with Crippen LogP contribution in [0.3, 0.4) is 0 Å². The van der Waals surface area contributed by atoms with Crippen molar-refractivity contribution in [1.82, 2.24) is 0 Å². The molecule has 0 aliphatic rings. The molecule has 0 aromatic heterocycles. The van der Waals surface area contributed by atoms with Crippen LogP contribution >= 0.6 is 27.5 Å². The Balaban J connectivity index is 2.16. The number of anilines is 1. The third-order valence-corrected chi connectivity index (χ3v) is 3.72. The molecule has 2 aromatic rings. The predicted octanol–water partition coefficient (Wildman–Crippen LogP) is 4.66. The highest BCUT2D eigenvalue weighted by atomic mass is 79.9. The standard InChI is InChI=1S/C14H11BrClNO/c1-9-2-4-10(5-3-9)14(18)17-11-6-7-12(15)13(16)8-11/h2-8H,1H3,(H,17,18). The molecule has 0 aliphatic heterocycles. The Bertz CT molecular complexity index is 581. The molecule has 0 bridgehead atoms. The molecule has 0 unspecified atom stereocenters. The summed E-state index contributed by atoms with van der Waals surface area (Å²) in [5.41, 5.74) is 2.42. The molecule has 0 aliphatic carbocycles. The van der Waals surface area contributed by atoms with Crippen LogP contribution in [0, 0.1) is 6.92 Å². The van der Waals surface area contributed by atoms with E-state index < -0.39 is 0 Å². The van der Waals surface area contributed by atoms with Gasteiger partial charge in [0.1, 0.15) is 0 Å². The highest BCUT2D eigenvalue weighted by Gasteiger charge is 2.06. The van der Waals surface area contributed by atoms with Gasteiger partial charge in [0.05, 0.1) is 5.02 Å². The lowest BCUT2D eigenvalue weighted by molar-refractivity contribution is 0.102. The number of carbonyl (C=O) groups excluding carboxylic acids is 1. The van der Waals surface area contributed by atoms with Crippen molar-refractivity contribution in [3.05, 3.63) is 63.1 Å². The first kappa shape index (κ1) is 13.1. The summed E-state index contributed by atoms with van der Waals surface area (Å²) in [4.78, 5) is 12.0. The summed E-state index contributed by atoms with van der Waals surface area (Å²) in [6, 6.07) is 12.7. The Hall–Kier alpha value is -1.32. The number of hydrogen-bond acceptors (Lipinski definition) is 1. The highest BCUT2D eigenvalue weighted by molar-refractivity contribution is 9.10. The number of halogens is 2. The fraction of sp³-hybridized carbons (Fsp3) is 0.0714. The van der Waals surface area contributed by atoms with Crippen LogP contribution < -0.4 is 5.32 Å². The lowest BCUT2D eigenvalue weighted by Crippen LogP contribution is -2.11. The Morgan fingerprint density at radius 2 is 1.83 bits per heavy atom. The molecular formula is C14H11BrClNO. The van der Waals surface area contributed by atoms with Gasteiger partial charge < -0.3 is 5.32 Å². The van der Waals surface area contributed by atoms with Crippen molar-refractivity contribution < 1.29 is 4.79 Å². The molecule has 4 heteroatoms. The molecule has 1 amide bonds. The van der Waals surface area contributed by atoms with E-state index in [9.17, 15) is 4.79 Å². The van der Waals surface area contributed by atoms with Gasteiger partial charge in [-0.3, -0.25) is 4.79 Å². The van der Waals surface area contributed by atoms with Gasteiger partial charge in [0.25, 0.3) is 5.91 Å². The monoisotopic (exact) mass is 323 g/mol. The average Bonchev–Trinajstić information content (AvgIpc) is 2.34.